The fourth-order valence-corrected chi connectivity index (χ4v) is 4.06. The van der Waals surface area contributed by atoms with Crippen molar-refractivity contribution in [3.63, 3.8) is 0 Å². The van der Waals surface area contributed by atoms with Crippen molar-refractivity contribution in [1.82, 2.24) is 0 Å². The first-order chi connectivity index (χ1) is 9.72. The molecule has 1 aliphatic rings. The summed E-state index contributed by atoms with van der Waals surface area (Å²) < 4.78 is 11.2. The van der Waals surface area contributed by atoms with Gasteiger partial charge in [0.15, 0.2) is 0 Å². The lowest BCUT2D eigenvalue weighted by Crippen LogP contribution is -2.37. The van der Waals surface area contributed by atoms with Crippen molar-refractivity contribution in [3.05, 3.63) is 17.7 Å². The quantitative estimate of drug-likeness (QED) is 0.843. The summed E-state index contributed by atoms with van der Waals surface area (Å²) in [5.74, 6) is 1.82. The number of hydrogen-bond acceptors (Lipinski definition) is 4. The molecule has 20 heavy (non-hydrogen) atoms. The van der Waals surface area contributed by atoms with Gasteiger partial charge in [-0.05, 0) is 25.2 Å². The molecule has 4 heteroatoms. The molecule has 0 aliphatic heterocycles. The molecule has 0 spiro atoms. The maximum Gasteiger partial charge on any atom is 0.139 e. The molecule has 0 unspecified atom stereocenters. The maximum atomic E-state index is 6.16. The van der Waals surface area contributed by atoms with Gasteiger partial charge in [0.05, 0.1) is 19.1 Å². The lowest BCUT2D eigenvalue weighted by molar-refractivity contribution is 0.284. The Labute approximate surface area is 126 Å². The number of rotatable bonds is 5. The van der Waals surface area contributed by atoms with Gasteiger partial charge in [0, 0.05) is 17.5 Å². The highest BCUT2D eigenvalue weighted by molar-refractivity contribution is 7.98. The van der Waals surface area contributed by atoms with Crippen LogP contribution in [0.4, 0.5) is 0 Å². The molecule has 1 fully saturated rings. The van der Waals surface area contributed by atoms with Gasteiger partial charge in [-0.15, -0.1) is 11.8 Å². The highest BCUT2D eigenvalue weighted by Gasteiger charge is 2.36. The summed E-state index contributed by atoms with van der Waals surface area (Å²) in [6.45, 7) is 0.684. The summed E-state index contributed by atoms with van der Waals surface area (Å²) in [5, 5.41) is 0. The summed E-state index contributed by atoms with van der Waals surface area (Å²) in [7, 11) is 3.44. The van der Waals surface area contributed by atoms with E-state index in [0.717, 1.165) is 29.2 Å². The van der Waals surface area contributed by atoms with E-state index in [-0.39, 0.29) is 5.41 Å². The summed E-state index contributed by atoms with van der Waals surface area (Å²) in [6.07, 6.45) is 8.18. The number of methoxy groups -OCH3 is 2. The Morgan fingerprint density at radius 1 is 1.15 bits per heavy atom. The SMILES string of the molecule is COc1ccc(C2(CN)CCCCC2)c(OC)c1SC. The third kappa shape index (κ3) is 2.63. The van der Waals surface area contributed by atoms with Crippen LogP contribution in [0.25, 0.3) is 0 Å². The largest absolute Gasteiger partial charge is 0.495 e. The Kier molecular flexibility index (Phi) is 5.22. The summed E-state index contributed by atoms with van der Waals surface area (Å²) in [6, 6.07) is 4.20. The van der Waals surface area contributed by atoms with Gasteiger partial charge in [-0.3, -0.25) is 0 Å². The predicted molar refractivity (Wildman–Crippen MR) is 85.1 cm³/mol. The van der Waals surface area contributed by atoms with Gasteiger partial charge in [-0.2, -0.15) is 0 Å². The van der Waals surface area contributed by atoms with Gasteiger partial charge in [0.25, 0.3) is 0 Å². The average Bonchev–Trinajstić information content (AvgIpc) is 2.53. The van der Waals surface area contributed by atoms with Crippen molar-refractivity contribution in [3.8, 4) is 11.5 Å². The molecular formula is C16H25NO2S. The van der Waals surface area contributed by atoms with Crippen molar-refractivity contribution in [2.45, 2.75) is 42.4 Å². The van der Waals surface area contributed by atoms with Gasteiger partial charge < -0.3 is 15.2 Å². The molecular weight excluding hydrogens is 270 g/mol. The van der Waals surface area contributed by atoms with Crippen LogP contribution in [0, 0.1) is 0 Å². The molecule has 0 amide bonds. The van der Waals surface area contributed by atoms with Crippen molar-refractivity contribution >= 4 is 11.8 Å². The first-order valence-corrected chi connectivity index (χ1v) is 8.44. The monoisotopic (exact) mass is 295 g/mol. The van der Waals surface area contributed by atoms with E-state index in [1.807, 2.05) is 0 Å². The summed E-state index contributed by atoms with van der Waals surface area (Å²) in [4.78, 5) is 1.07. The van der Waals surface area contributed by atoms with Crippen molar-refractivity contribution in [2.24, 2.45) is 5.73 Å². The number of hydrogen-bond donors (Lipinski definition) is 1. The highest BCUT2D eigenvalue weighted by Crippen LogP contribution is 2.48. The molecule has 2 rings (SSSR count). The zero-order valence-electron chi connectivity index (χ0n) is 12.7. The number of nitrogens with two attached hydrogens (primary N) is 1. The first kappa shape index (κ1) is 15.5. The van der Waals surface area contributed by atoms with Gasteiger partial charge in [-0.1, -0.05) is 25.3 Å². The molecule has 1 aliphatic carbocycles. The first-order valence-electron chi connectivity index (χ1n) is 7.22. The zero-order valence-corrected chi connectivity index (χ0v) is 13.5. The number of benzene rings is 1. The van der Waals surface area contributed by atoms with Crippen molar-refractivity contribution in [2.75, 3.05) is 27.0 Å². The molecule has 1 aromatic rings. The van der Waals surface area contributed by atoms with Crippen LogP contribution in [0.5, 0.6) is 11.5 Å². The average molecular weight is 295 g/mol. The third-order valence-corrected chi connectivity index (χ3v) is 5.27. The van der Waals surface area contributed by atoms with Crippen LogP contribution in [0.2, 0.25) is 0 Å². The van der Waals surface area contributed by atoms with Crippen LogP contribution in [0.15, 0.2) is 17.0 Å². The van der Waals surface area contributed by atoms with E-state index in [0.29, 0.717) is 6.54 Å². The smallest absolute Gasteiger partial charge is 0.139 e. The van der Waals surface area contributed by atoms with E-state index in [9.17, 15) is 0 Å². The number of thioether (sulfide) groups is 1. The second-order valence-corrected chi connectivity index (χ2v) is 6.24. The van der Waals surface area contributed by atoms with Crippen LogP contribution in [-0.4, -0.2) is 27.0 Å². The standard InChI is InChI=1S/C16H25NO2S/c1-18-13-8-7-12(14(19-2)15(13)20-3)16(11-17)9-5-4-6-10-16/h7-8H,4-6,9-11,17H2,1-3H3. The summed E-state index contributed by atoms with van der Waals surface area (Å²) >= 11 is 1.67. The number of ether oxygens (including phenoxy) is 2. The minimum atomic E-state index is 0.0698. The Balaban J connectivity index is 2.54. The van der Waals surface area contributed by atoms with Crippen LogP contribution >= 0.6 is 11.8 Å². The van der Waals surface area contributed by atoms with Crippen LogP contribution < -0.4 is 15.2 Å². The predicted octanol–water partition coefficient (Wildman–Crippen LogP) is 3.59. The molecule has 0 radical (unpaired) electrons. The second-order valence-electron chi connectivity index (χ2n) is 5.43. The lowest BCUT2D eigenvalue weighted by Gasteiger charge is -2.38. The fourth-order valence-electron chi connectivity index (χ4n) is 3.33. The van der Waals surface area contributed by atoms with E-state index in [1.54, 1.807) is 26.0 Å². The molecule has 1 saturated carbocycles. The van der Waals surface area contributed by atoms with Gasteiger partial charge in [0.2, 0.25) is 0 Å². The topological polar surface area (TPSA) is 44.5 Å². The Morgan fingerprint density at radius 3 is 2.35 bits per heavy atom. The molecule has 2 N–H and O–H groups in total. The molecule has 1 aromatic carbocycles. The highest BCUT2D eigenvalue weighted by atomic mass is 32.2. The van der Waals surface area contributed by atoms with Crippen LogP contribution in [0.1, 0.15) is 37.7 Å². The zero-order chi connectivity index (χ0) is 14.6. The van der Waals surface area contributed by atoms with Crippen molar-refractivity contribution < 1.29 is 9.47 Å². The minimum Gasteiger partial charge on any atom is -0.495 e. The Hall–Kier alpha value is -0.870. The van der Waals surface area contributed by atoms with Gasteiger partial charge >= 0.3 is 0 Å². The molecule has 0 bridgehead atoms. The molecule has 3 nitrogen and oxygen atoms in total. The maximum absolute atomic E-state index is 6.16. The third-order valence-electron chi connectivity index (χ3n) is 4.48. The van der Waals surface area contributed by atoms with E-state index in [1.165, 1.54) is 24.8 Å². The Morgan fingerprint density at radius 2 is 1.85 bits per heavy atom. The molecule has 0 aromatic heterocycles. The minimum absolute atomic E-state index is 0.0698. The van der Waals surface area contributed by atoms with E-state index in [4.69, 9.17) is 15.2 Å². The molecule has 0 saturated heterocycles. The van der Waals surface area contributed by atoms with E-state index < -0.39 is 0 Å². The van der Waals surface area contributed by atoms with Crippen LogP contribution in [-0.2, 0) is 5.41 Å². The van der Waals surface area contributed by atoms with Gasteiger partial charge in [0.1, 0.15) is 11.5 Å². The van der Waals surface area contributed by atoms with Crippen LogP contribution in [0.3, 0.4) is 0 Å². The van der Waals surface area contributed by atoms with E-state index >= 15 is 0 Å². The molecule has 112 valence electrons. The summed E-state index contributed by atoms with van der Waals surface area (Å²) in [5.41, 5.74) is 7.49. The second kappa shape index (κ2) is 6.72. The molecule has 0 heterocycles. The van der Waals surface area contributed by atoms with E-state index in [2.05, 4.69) is 18.4 Å². The van der Waals surface area contributed by atoms with Crippen molar-refractivity contribution in [1.29, 1.82) is 0 Å². The normalized spacial score (nSPS) is 17.8. The lowest BCUT2D eigenvalue weighted by atomic mass is 9.69. The Bertz CT molecular complexity index is 456. The molecule has 0 atom stereocenters. The fraction of sp³-hybridized carbons (Fsp3) is 0.625. The van der Waals surface area contributed by atoms with Gasteiger partial charge in [-0.25, -0.2) is 0 Å².